The standard InChI is InChI=1S/C19H18BrNO3/c20-15-8-6-13(7-9-15)10-18(22)21-11-16(17(12-21)19(23)24)14-4-2-1-3-5-14/h1-9,16-17H,10-12H2,(H,23,24). The Morgan fingerprint density at radius 1 is 1.04 bits per heavy atom. The highest BCUT2D eigenvalue weighted by Crippen LogP contribution is 2.33. The highest BCUT2D eigenvalue weighted by atomic mass is 79.9. The van der Waals surface area contributed by atoms with Crippen molar-refractivity contribution in [2.45, 2.75) is 12.3 Å². The first-order valence-corrected chi connectivity index (χ1v) is 8.64. The second-order valence-corrected chi connectivity index (χ2v) is 6.98. The number of halogens is 1. The fraction of sp³-hybridized carbons (Fsp3) is 0.263. The predicted molar refractivity (Wildman–Crippen MR) is 94.7 cm³/mol. The molecular weight excluding hydrogens is 370 g/mol. The Bertz CT molecular complexity index is 730. The third kappa shape index (κ3) is 3.67. The zero-order valence-electron chi connectivity index (χ0n) is 13.1. The summed E-state index contributed by atoms with van der Waals surface area (Å²) < 4.78 is 0.968. The Hall–Kier alpha value is -2.14. The molecule has 0 aromatic heterocycles. The Morgan fingerprint density at radius 2 is 1.71 bits per heavy atom. The molecule has 1 aliphatic heterocycles. The molecule has 0 bridgehead atoms. The second kappa shape index (κ2) is 7.18. The summed E-state index contributed by atoms with van der Waals surface area (Å²) in [4.78, 5) is 25.9. The zero-order chi connectivity index (χ0) is 17.1. The first-order valence-electron chi connectivity index (χ1n) is 7.84. The van der Waals surface area contributed by atoms with E-state index in [2.05, 4.69) is 15.9 Å². The topological polar surface area (TPSA) is 57.6 Å². The predicted octanol–water partition coefficient (Wildman–Crippen LogP) is 3.32. The molecule has 4 nitrogen and oxygen atoms in total. The second-order valence-electron chi connectivity index (χ2n) is 6.06. The van der Waals surface area contributed by atoms with Crippen molar-refractivity contribution in [1.29, 1.82) is 0 Å². The summed E-state index contributed by atoms with van der Waals surface area (Å²) in [5.41, 5.74) is 1.90. The average molecular weight is 388 g/mol. The summed E-state index contributed by atoms with van der Waals surface area (Å²) >= 11 is 3.37. The van der Waals surface area contributed by atoms with Gasteiger partial charge >= 0.3 is 5.97 Å². The number of nitrogens with zero attached hydrogens (tertiary/aromatic N) is 1. The van der Waals surface area contributed by atoms with E-state index in [0.29, 0.717) is 13.0 Å². The minimum Gasteiger partial charge on any atom is -0.481 e. The Balaban J connectivity index is 1.74. The van der Waals surface area contributed by atoms with Crippen LogP contribution >= 0.6 is 15.9 Å². The van der Waals surface area contributed by atoms with E-state index in [1.807, 2.05) is 54.6 Å². The molecule has 1 heterocycles. The number of benzene rings is 2. The molecule has 1 N–H and O–H groups in total. The van der Waals surface area contributed by atoms with Crippen molar-refractivity contribution in [1.82, 2.24) is 4.90 Å². The molecule has 2 aromatic carbocycles. The number of likely N-dealkylation sites (tertiary alicyclic amines) is 1. The molecular formula is C19H18BrNO3. The quantitative estimate of drug-likeness (QED) is 0.875. The number of rotatable bonds is 4. The molecule has 3 rings (SSSR count). The van der Waals surface area contributed by atoms with Crippen LogP contribution in [-0.4, -0.2) is 35.0 Å². The summed E-state index contributed by atoms with van der Waals surface area (Å²) in [7, 11) is 0. The maximum Gasteiger partial charge on any atom is 0.308 e. The number of hydrogen-bond donors (Lipinski definition) is 1. The molecule has 1 fully saturated rings. The van der Waals surface area contributed by atoms with Gasteiger partial charge in [0.05, 0.1) is 12.3 Å². The zero-order valence-corrected chi connectivity index (χ0v) is 14.6. The number of carboxylic acids is 1. The first-order chi connectivity index (χ1) is 11.5. The first kappa shape index (κ1) is 16.7. The number of carbonyl (C=O) groups excluding carboxylic acids is 1. The SMILES string of the molecule is O=C(O)C1CN(C(=O)Cc2ccc(Br)cc2)CC1c1ccccc1. The molecule has 0 radical (unpaired) electrons. The molecule has 2 unspecified atom stereocenters. The van der Waals surface area contributed by atoms with E-state index in [1.54, 1.807) is 4.90 Å². The molecule has 1 saturated heterocycles. The van der Waals surface area contributed by atoms with Crippen LogP contribution in [-0.2, 0) is 16.0 Å². The summed E-state index contributed by atoms with van der Waals surface area (Å²) in [6, 6.07) is 17.2. The van der Waals surface area contributed by atoms with Gasteiger partial charge < -0.3 is 10.0 Å². The number of amides is 1. The van der Waals surface area contributed by atoms with Gasteiger partial charge in [-0.1, -0.05) is 58.4 Å². The lowest BCUT2D eigenvalue weighted by atomic mass is 9.89. The van der Waals surface area contributed by atoms with Gasteiger partial charge in [0.15, 0.2) is 0 Å². The highest BCUT2D eigenvalue weighted by molar-refractivity contribution is 9.10. The van der Waals surface area contributed by atoms with Crippen molar-refractivity contribution in [3.8, 4) is 0 Å². The van der Waals surface area contributed by atoms with E-state index in [-0.39, 0.29) is 18.4 Å². The van der Waals surface area contributed by atoms with Crippen molar-refractivity contribution in [3.63, 3.8) is 0 Å². The van der Waals surface area contributed by atoms with Gasteiger partial charge in [0.1, 0.15) is 0 Å². The summed E-state index contributed by atoms with van der Waals surface area (Å²) in [5.74, 6) is -1.58. The average Bonchev–Trinajstić information content (AvgIpc) is 3.03. The minimum absolute atomic E-state index is 0.0259. The molecule has 0 aliphatic carbocycles. The van der Waals surface area contributed by atoms with E-state index in [1.165, 1.54) is 0 Å². The number of carbonyl (C=O) groups is 2. The normalized spacial score (nSPS) is 20.1. The highest BCUT2D eigenvalue weighted by Gasteiger charge is 2.40. The molecule has 124 valence electrons. The maximum atomic E-state index is 12.6. The summed E-state index contributed by atoms with van der Waals surface area (Å²) in [6.07, 6.45) is 0.293. The number of aliphatic carboxylic acids is 1. The van der Waals surface area contributed by atoms with Crippen molar-refractivity contribution in [3.05, 3.63) is 70.2 Å². The maximum absolute atomic E-state index is 12.6. The molecule has 5 heteroatoms. The van der Waals surface area contributed by atoms with Crippen LogP contribution < -0.4 is 0 Å². The fourth-order valence-electron chi connectivity index (χ4n) is 3.18. The number of hydrogen-bond acceptors (Lipinski definition) is 2. The van der Waals surface area contributed by atoms with Crippen LogP contribution in [0.2, 0.25) is 0 Å². The summed E-state index contributed by atoms with van der Waals surface area (Å²) in [5, 5.41) is 9.52. The minimum atomic E-state index is -0.845. The van der Waals surface area contributed by atoms with Crippen LogP contribution in [0.4, 0.5) is 0 Å². The fourth-order valence-corrected chi connectivity index (χ4v) is 3.45. The van der Waals surface area contributed by atoms with Gasteiger partial charge in [-0.05, 0) is 23.3 Å². The molecule has 2 aromatic rings. The lowest BCUT2D eigenvalue weighted by molar-refractivity contribution is -0.141. The van der Waals surface area contributed by atoms with Crippen molar-refractivity contribution >= 4 is 27.8 Å². The third-order valence-electron chi connectivity index (χ3n) is 4.49. The van der Waals surface area contributed by atoms with E-state index in [0.717, 1.165) is 15.6 Å². The summed E-state index contributed by atoms with van der Waals surface area (Å²) in [6.45, 7) is 0.723. The van der Waals surface area contributed by atoms with Gasteiger partial charge in [0.25, 0.3) is 0 Å². The number of carboxylic acid groups (broad SMARTS) is 1. The molecule has 1 aliphatic rings. The molecule has 24 heavy (non-hydrogen) atoms. The van der Waals surface area contributed by atoms with E-state index in [4.69, 9.17) is 0 Å². The van der Waals surface area contributed by atoms with E-state index in [9.17, 15) is 14.7 Å². The smallest absolute Gasteiger partial charge is 0.308 e. The monoisotopic (exact) mass is 387 g/mol. The molecule has 2 atom stereocenters. The van der Waals surface area contributed by atoms with Gasteiger partial charge in [0, 0.05) is 23.5 Å². The van der Waals surface area contributed by atoms with Gasteiger partial charge in [-0.15, -0.1) is 0 Å². The van der Waals surface area contributed by atoms with Crippen LogP contribution in [0.5, 0.6) is 0 Å². The molecule has 1 amide bonds. The Kier molecular flexibility index (Phi) is 5.00. The van der Waals surface area contributed by atoms with Gasteiger partial charge in [-0.2, -0.15) is 0 Å². The molecule has 0 saturated carbocycles. The van der Waals surface area contributed by atoms with Crippen LogP contribution in [0, 0.1) is 5.92 Å². The third-order valence-corrected chi connectivity index (χ3v) is 5.01. The van der Waals surface area contributed by atoms with Crippen molar-refractivity contribution in [2.24, 2.45) is 5.92 Å². The van der Waals surface area contributed by atoms with E-state index >= 15 is 0 Å². The Labute approximate surface area is 149 Å². The van der Waals surface area contributed by atoms with Crippen molar-refractivity contribution < 1.29 is 14.7 Å². The van der Waals surface area contributed by atoms with Crippen molar-refractivity contribution in [2.75, 3.05) is 13.1 Å². The lowest BCUT2D eigenvalue weighted by Gasteiger charge is -2.16. The lowest BCUT2D eigenvalue weighted by Crippen LogP contribution is -2.31. The van der Waals surface area contributed by atoms with Crippen LogP contribution in [0.25, 0.3) is 0 Å². The molecule has 0 spiro atoms. The van der Waals surface area contributed by atoms with Crippen LogP contribution in [0.3, 0.4) is 0 Å². The van der Waals surface area contributed by atoms with Gasteiger partial charge in [0.2, 0.25) is 5.91 Å². The van der Waals surface area contributed by atoms with Gasteiger partial charge in [-0.3, -0.25) is 9.59 Å². The van der Waals surface area contributed by atoms with E-state index < -0.39 is 11.9 Å². The largest absolute Gasteiger partial charge is 0.481 e. The Morgan fingerprint density at radius 3 is 2.33 bits per heavy atom. The van der Waals surface area contributed by atoms with Crippen LogP contribution in [0.15, 0.2) is 59.1 Å². The van der Waals surface area contributed by atoms with Crippen LogP contribution in [0.1, 0.15) is 17.0 Å². The van der Waals surface area contributed by atoms with Gasteiger partial charge in [-0.25, -0.2) is 0 Å².